The Bertz CT molecular complexity index is 404. The molecule has 0 aliphatic carbocycles. The topological polar surface area (TPSA) is 143 Å². The van der Waals surface area contributed by atoms with Crippen molar-refractivity contribution in [3.63, 3.8) is 0 Å². The van der Waals surface area contributed by atoms with Crippen LogP contribution in [0.25, 0.3) is 0 Å². The Kier molecular flexibility index (Phi) is 21.7. The molecule has 17 heavy (non-hydrogen) atoms. The maximum absolute atomic E-state index is 8.58. The predicted molar refractivity (Wildman–Crippen MR) is 55.1 cm³/mol. The monoisotopic (exact) mass is 472 g/mol. The average molecular weight is 472 g/mol. The Hall–Kier alpha value is 3.75. The summed E-state index contributed by atoms with van der Waals surface area (Å²) in [6.07, 6.45) is 0. The first kappa shape index (κ1) is 32.6. The second-order valence-electron chi connectivity index (χ2n) is 1.80. The van der Waals surface area contributed by atoms with Crippen LogP contribution >= 0.6 is 0 Å². The molecule has 6 nitrogen and oxygen atoms in total. The maximum atomic E-state index is 8.58. The molecule has 0 saturated heterocycles. The Morgan fingerprint density at radius 2 is 0.588 bits per heavy atom. The van der Waals surface area contributed by atoms with E-state index < -0.39 is 10.7 Å². The van der Waals surface area contributed by atoms with E-state index in [0.717, 1.165) is 29.8 Å². The van der Waals surface area contributed by atoms with Crippen molar-refractivity contribution in [2.24, 2.45) is 0 Å². The summed E-state index contributed by atoms with van der Waals surface area (Å²) in [5.41, 5.74) is 0. The molecule has 0 saturated carbocycles. The van der Waals surface area contributed by atoms with E-state index in [9.17, 15) is 0 Å². The molecular weight excluding hydrogens is 469 g/mol. The van der Waals surface area contributed by atoms with Crippen molar-refractivity contribution in [3.8, 4) is 29.8 Å². The molecule has 0 fully saturated rings. The average Bonchev–Trinajstić information content (AvgIpc) is 2.26. The van der Waals surface area contributed by atoms with Crippen LogP contribution in [0.5, 0.6) is 0 Å². The fraction of sp³-hybridized carbons (Fsp3) is 0. The summed E-state index contributed by atoms with van der Waals surface area (Å²) in [4.78, 5) is 6.19. The molecule has 0 bridgehead atoms. The van der Waals surface area contributed by atoms with E-state index in [2.05, 4.69) is 0 Å². The molecule has 0 atom stereocenters. The SMILES string of the molecule is N#[C][Fe]([C]#N)([C]#N)([C]#N)([C]#N)[C]#N.[Ce].[KH].[KH].[KH]. The van der Waals surface area contributed by atoms with Gasteiger partial charge in [-0.15, -0.1) is 0 Å². The first-order valence-corrected chi connectivity index (χ1v) is 5.71. The summed E-state index contributed by atoms with van der Waals surface area (Å²) in [5.74, 6) is 0. The van der Waals surface area contributed by atoms with Crippen LogP contribution < -0.4 is 0 Å². The number of nitriles is 6. The zero-order chi connectivity index (χ0) is 10.7. The molecular formula is C6H3CeFeK3N6. The minimum absolute atomic E-state index is 0. The number of rotatable bonds is 0. The van der Waals surface area contributed by atoms with Crippen LogP contribution in [0.3, 0.4) is 0 Å². The Balaban J connectivity index is -0.000000120. The van der Waals surface area contributed by atoms with Crippen molar-refractivity contribution in [1.29, 1.82) is 31.6 Å². The van der Waals surface area contributed by atoms with E-state index in [1.807, 2.05) is 0 Å². The van der Waals surface area contributed by atoms with Gasteiger partial charge in [0.25, 0.3) is 0 Å². The van der Waals surface area contributed by atoms with Crippen molar-refractivity contribution in [2.75, 3.05) is 0 Å². The van der Waals surface area contributed by atoms with Crippen molar-refractivity contribution in [2.45, 2.75) is 0 Å². The third kappa shape index (κ3) is 5.46. The number of hydrogen-bond donors (Lipinski definition) is 0. The molecule has 0 aliphatic heterocycles. The summed E-state index contributed by atoms with van der Waals surface area (Å²) in [6, 6.07) is 0. The van der Waals surface area contributed by atoms with Crippen molar-refractivity contribution in [1.82, 2.24) is 0 Å². The zero-order valence-corrected chi connectivity index (χ0v) is 10.8. The van der Waals surface area contributed by atoms with Gasteiger partial charge in [-0.05, 0) is 0 Å². The van der Waals surface area contributed by atoms with Gasteiger partial charge in [0, 0.05) is 41.7 Å². The number of nitrogens with zero attached hydrogens (tertiary/aromatic N) is 6. The van der Waals surface area contributed by atoms with E-state index in [-0.39, 0.29) is 196 Å². The van der Waals surface area contributed by atoms with E-state index in [1.165, 1.54) is 0 Å². The molecule has 0 aromatic heterocycles. The van der Waals surface area contributed by atoms with Gasteiger partial charge in [0.1, 0.15) is 0 Å². The Labute approximate surface area is 259 Å². The van der Waals surface area contributed by atoms with Crippen molar-refractivity contribution >= 4 is 154 Å². The van der Waals surface area contributed by atoms with Crippen LogP contribution in [-0.4, -0.2) is 154 Å². The second kappa shape index (κ2) is 11.3. The van der Waals surface area contributed by atoms with Crippen molar-refractivity contribution < 1.29 is 52.5 Å². The molecule has 0 aromatic carbocycles. The molecule has 0 heterocycles. The van der Waals surface area contributed by atoms with Gasteiger partial charge in [0.2, 0.25) is 0 Å². The predicted octanol–water partition coefficient (Wildman–Crippen LogP) is -1.85. The van der Waals surface area contributed by atoms with E-state index in [1.54, 1.807) is 0 Å². The molecule has 0 N–H and O–H groups in total. The van der Waals surface area contributed by atoms with Crippen molar-refractivity contribution in [3.05, 3.63) is 0 Å². The summed E-state index contributed by atoms with van der Waals surface area (Å²) in [6.45, 7) is 0. The van der Waals surface area contributed by atoms with Crippen LogP contribution in [0.4, 0.5) is 0 Å². The first-order chi connectivity index (χ1) is 5.97. The van der Waals surface area contributed by atoms with Crippen LogP contribution in [0.1, 0.15) is 0 Å². The fourth-order valence-corrected chi connectivity index (χ4v) is 1.09. The Morgan fingerprint density at radius 3 is 0.588 bits per heavy atom. The van der Waals surface area contributed by atoms with Gasteiger partial charge in [-0.25, -0.2) is 0 Å². The zero-order valence-electron chi connectivity index (χ0n) is 6.54. The third-order valence-corrected chi connectivity index (χ3v) is 4.89. The first-order valence-electron chi connectivity index (χ1n) is 2.40. The molecule has 11 heteroatoms. The fourth-order valence-electron chi connectivity index (χ4n) is 0.265. The molecule has 0 spiro atoms. The third-order valence-electron chi connectivity index (χ3n) is 1.19. The normalized spacial score (nSPS) is 10.2. The summed E-state index contributed by atoms with van der Waals surface area (Å²) in [7, 11) is -6.17. The van der Waals surface area contributed by atoms with Crippen LogP contribution in [0, 0.1) is 103 Å². The van der Waals surface area contributed by atoms with Gasteiger partial charge in [0.15, 0.2) is 0 Å². The van der Waals surface area contributed by atoms with Gasteiger partial charge >= 0.3 is 226 Å². The molecule has 0 radical (unpaired) electrons. The minimum atomic E-state index is -6.17. The van der Waals surface area contributed by atoms with Crippen LogP contribution in [0.15, 0.2) is 0 Å². The van der Waals surface area contributed by atoms with E-state index in [4.69, 9.17) is 31.6 Å². The standard InChI is InChI=1S/6CN.Ce.Fe.3K.3H/c6*1-2;;;;;;;;. The van der Waals surface area contributed by atoms with Gasteiger partial charge in [-0.2, -0.15) is 0 Å². The number of hydrogen-bond acceptors (Lipinski definition) is 6. The Morgan fingerprint density at radius 1 is 0.471 bits per heavy atom. The molecule has 0 unspecified atom stereocenters. The van der Waals surface area contributed by atoms with Crippen LogP contribution in [0.2, 0.25) is 0 Å². The second-order valence-corrected chi connectivity index (χ2v) is 7.42. The quantitative estimate of drug-likeness (QED) is 0.379. The summed E-state index contributed by atoms with van der Waals surface area (Å²) in [5, 5.41) is 51.5. The van der Waals surface area contributed by atoms with Gasteiger partial charge in [-0.1, -0.05) is 0 Å². The van der Waals surface area contributed by atoms with E-state index >= 15 is 0 Å². The van der Waals surface area contributed by atoms with Gasteiger partial charge in [-0.3, -0.25) is 0 Å². The molecule has 0 aliphatic rings. The van der Waals surface area contributed by atoms with E-state index in [0.29, 0.717) is 0 Å². The summed E-state index contributed by atoms with van der Waals surface area (Å²) >= 11 is 0. The molecule has 0 amide bonds. The van der Waals surface area contributed by atoms with Gasteiger partial charge < -0.3 is 0 Å². The molecule has 0 rings (SSSR count). The summed E-state index contributed by atoms with van der Waals surface area (Å²) < 4.78 is 0. The molecule has 0 aromatic rings. The van der Waals surface area contributed by atoms with Crippen LogP contribution in [-0.2, 0) is 10.7 Å². The van der Waals surface area contributed by atoms with Gasteiger partial charge in [0.05, 0.1) is 0 Å². The molecule has 72 valence electrons.